The highest BCUT2D eigenvalue weighted by atomic mass is 19.3. The predicted octanol–water partition coefficient (Wildman–Crippen LogP) is 8.01. The number of rotatable bonds is 3. The topological polar surface area (TPSA) is 22.4 Å². The van der Waals surface area contributed by atoms with Crippen LogP contribution in [-0.2, 0) is 5.41 Å². The predicted molar refractivity (Wildman–Crippen MR) is 110 cm³/mol. The number of fused-ring (bicyclic) bond motifs is 1. The van der Waals surface area contributed by atoms with Gasteiger partial charge in [-0.25, -0.2) is 4.39 Å². The molecule has 0 unspecified atom stereocenters. The van der Waals surface area contributed by atoms with Gasteiger partial charge in [-0.2, -0.15) is 26.3 Å². The highest BCUT2D eigenvalue weighted by molar-refractivity contribution is 6.01. The van der Waals surface area contributed by atoms with Gasteiger partial charge >= 0.3 is 17.8 Å². The van der Waals surface area contributed by atoms with Crippen molar-refractivity contribution in [2.75, 3.05) is 7.11 Å². The lowest BCUT2D eigenvalue weighted by atomic mass is 9.86. The minimum absolute atomic E-state index is 0.0877. The molecular weight excluding hydrogens is 453 g/mol. The summed E-state index contributed by atoms with van der Waals surface area (Å²) in [5.74, 6) is -20.4. The SMILES string of the molecule is COc1ccc2oc(-c3ccc(C(C)(C)C)cc3)c(C3=C(F)C(F)(F)C(F)(F)C3(F)F)c2c1. The number of alkyl halides is 6. The van der Waals surface area contributed by atoms with Crippen molar-refractivity contribution in [2.45, 2.75) is 44.0 Å². The maximum atomic E-state index is 14.7. The molecule has 1 heterocycles. The van der Waals surface area contributed by atoms with E-state index < -0.39 is 40.5 Å². The van der Waals surface area contributed by atoms with E-state index in [0.717, 1.165) is 11.6 Å². The number of ether oxygens (including phenoxy) is 1. The minimum Gasteiger partial charge on any atom is -0.497 e. The summed E-state index contributed by atoms with van der Waals surface area (Å²) in [5.41, 5.74) is -2.33. The second kappa shape index (κ2) is 7.01. The van der Waals surface area contributed by atoms with Gasteiger partial charge in [-0.15, -0.1) is 0 Å². The lowest BCUT2D eigenvalue weighted by Gasteiger charge is -2.24. The Morgan fingerprint density at radius 2 is 1.45 bits per heavy atom. The molecule has 33 heavy (non-hydrogen) atoms. The van der Waals surface area contributed by atoms with Crippen LogP contribution in [0, 0.1) is 0 Å². The third-order valence-corrected chi connectivity index (χ3v) is 5.76. The number of allylic oxidation sites excluding steroid dienone is 2. The lowest BCUT2D eigenvalue weighted by molar-refractivity contribution is -0.263. The van der Waals surface area contributed by atoms with E-state index in [1.165, 1.54) is 31.4 Å². The van der Waals surface area contributed by atoms with Crippen LogP contribution in [0.1, 0.15) is 31.9 Å². The van der Waals surface area contributed by atoms with E-state index in [-0.39, 0.29) is 27.7 Å². The molecule has 0 bridgehead atoms. The molecule has 0 atom stereocenters. The second-order valence-corrected chi connectivity index (χ2v) is 8.91. The quantitative estimate of drug-likeness (QED) is 0.360. The normalized spacial score (nSPS) is 19.4. The molecule has 0 aliphatic heterocycles. The molecule has 4 rings (SSSR count). The molecule has 1 aromatic heterocycles. The van der Waals surface area contributed by atoms with Crippen molar-refractivity contribution in [3.05, 3.63) is 59.4 Å². The zero-order chi connectivity index (χ0) is 24.6. The van der Waals surface area contributed by atoms with Crippen LogP contribution >= 0.6 is 0 Å². The number of hydrogen-bond acceptors (Lipinski definition) is 2. The first-order valence-corrected chi connectivity index (χ1v) is 9.90. The monoisotopic (exact) mass is 472 g/mol. The average Bonchev–Trinajstić information content (AvgIpc) is 3.14. The van der Waals surface area contributed by atoms with E-state index in [4.69, 9.17) is 9.15 Å². The van der Waals surface area contributed by atoms with Gasteiger partial charge in [0.15, 0.2) is 5.83 Å². The molecule has 1 aliphatic rings. The Bertz CT molecular complexity index is 1260. The molecule has 3 aromatic rings. The molecule has 0 radical (unpaired) electrons. The molecule has 0 N–H and O–H groups in total. The molecular formula is C24H19F7O2. The molecule has 2 aromatic carbocycles. The van der Waals surface area contributed by atoms with E-state index in [2.05, 4.69) is 0 Å². The first-order chi connectivity index (χ1) is 15.1. The van der Waals surface area contributed by atoms with Crippen LogP contribution in [-0.4, -0.2) is 24.9 Å². The van der Waals surface area contributed by atoms with Crippen molar-refractivity contribution in [3.8, 4) is 17.1 Å². The van der Waals surface area contributed by atoms with Crippen molar-refractivity contribution in [1.82, 2.24) is 0 Å². The van der Waals surface area contributed by atoms with Crippen molar-refractivity contribution >= 4 is 16.5 Å². The van der Waals surface area contributed by atoms with Crippen molar-refractivity contribution in [3.63, 3.8) is 0 Å². The Balaban J connectivity index is 2.07. The fourth-order valence-corrected chi connectivity index (χ4v) is 3.83. The Hall–Kier alpha value is -2.97. The summed E-state index contributed by atoms with van der Waals surface area (Å²) in [5, 5.41) is -0.262. The summed E-state index contributed by atoms with van der Waals surface area (Å²) in [6, 6.07) is 10.1. The fraction of sp³-hybridized carbons (Fsp3) is 0.333. The first kappa shape index (κ1) is 23.2. The van der Waals surface area contributed by atoms with Crippen LogP contribution in [0.4, 0.5) is 30.7 Å². The van der Waals surface area contributed by atoms with Crippen molar-refractivity contribution in [2.24, 2.45) is 0 Å². The van der Waals surface area contributed by atoms with Gasteiger partial charge in [0.25, 0.3) is 0 Å². The standard InChI is InChI=1S/C24H19F7O2/c1-21(2,3)13-7-5-12(6-8-13)19-17(15-11-14(32-4)9-10-16(15)33-19)18-20(25)23(28,29)24(30,31)22(18,26)27/h5-11H,1-4H3. The zero-order valence-electron chi connectivity index (χ0n) is 18.0. The van der Waals surface area contributed by atoms with Gasteiger partial charge in [0.05, 0.1) is 12.7 Å². The summed E-state index contributed by atoms with van der Waals surface area (Å²) in [7, 11) is 1.26. The Labute approximate surface area is 184 Å². The number of furan rings is 1. The molecule has 0 spiro atoms. The molecule has 1 aliphatic carbocycles. The van der Waals surface area contributed by atoms with Gasteiger partial charge in [0.2, 0.25) is 0 Å². The van der Waals surface area contributed by atoms with Gasteiger partial charge in [-0.1, -0.05) is 45.0 Å². The van der Waals surface area contributed by atoms with Gasteiger partial charge < -0.3 is 9.15 Å². The minimum atomic E-state index is -5.96. The number of methoxy groups -OCH3 is 1. The summed E-state index contributed by atoms with van der Waals surface area (Å²) in [6.45, 7) is 5.80. The third-order valence-electron chi connectivity index (χ3n) is 5.76. The fourth-order valence-electron chi connectivity index (χ4n) is 3.83. The van der Waals surface area contributed by atoms with E-state index >= 15 is 0 Å². The van der Waals surface area contributed by atoms with Crippen LogP contribution in [0.3, 0.4) is 0 Å². The molecule has 0 fully saturated rings. The average molecular weight is 472 g/mol. The highest BCUT2D eigenvalue weighted by Crippen LogP contribution is 2.64. The van der Waals surface area contributed by atoms with E-state index in [0.29, 0.717) is 0 Å². The maximum absolute atomic E-state index is 14.7. The van der Waals surface area contributed by atoms with E-state index in [1.807, 2.05) is 20.8 Å². The van der Waals surface area contributed by atoms with Gasteiger partial charge in [-0.05, 0) is 29.2 Å². The second-order valence-electron chi connectivity index (χ2n) is 8.91. The van der Waals surface area contributed by atoms with Gasteiger partial charge in [0.1, 0.15) is 17.1 Å². The van der Waals surface area contributed by atoms with Crippen LogP contribution < -0.4 is 4.74 Å². The van der Waals surface area contributed by atoms with Crippen LogP contribution in [0.5, 0.6) is 5.75 Å². The maximum Gasteiger partial charge on any atom is 0.383 e. The molecule has 9 heteroatoms. The van der Waals surface area contributed by atoms with Crippen molar-refractivity contribution in [1.29, 1.82) is 0 Å². The molecule has 0 saturated carbocycles. The summed E-state index contributed by atoms with van der Waals surface area (Å²) in [4.78, 5) is 0. The Kier molecular flexibility index (Phi) is 4.93. The Morgan fingerprint density at radius 1 is 0.848 bits per heavy atom. The highest BCUT2D eigenvalue weighted by Gasteiger charge is 2.81. The van der Waals surface area contributed by atoms with Crippen molar-refractivity contribution < 1.29 is 39.9 Å². The molecule has 176 valence electrons. The van der Waals surface area contributed by atoms with Gasteiger partial charge in [0, 0.05) is 16.5 Å². The summed E-state index contributed by atoms with van der Waals surface area (Å²) in [6.07, 6.45) is 0. The largest absolute Gasteiger partial charge is 0.497 e. The van der Waals surface area contributed by atoms with E-state index in [9.17, 15) is 30.7 Å². The van der Waals surface area contributed by atoms with Gasteiger partial charge in [-0.3, -0.25) is 0 Å². The molecule has 2 nitrogen and oxygen atoms in total. The number of halogens is 7. The number of benzene rings is 2. The summed E-state index contributed by atoms with van der Waals surface area (Å²) < 4.78 is 111. The zero-order valence-corrected chi connectivity index (χ0v) is 18.0. The van der Waals surface area contributed by atoms with E-state index in [1.54, 1.807) is 12.1 Å². The third kappa shape index (κ3) is 3.15. The van der Waals surface area contributed by atoms with Crippen LogP contribution in [0.15, 0.2) is 52.7 Å². The molecule has 0 saturated heterocycles. The first-order valence-electron chi connectivity index (χ1n) is 9.90. The smallest absolute Gasteiger partial charge is 0.383 e. The Morgan fingerprint density at radius 3 is 1.94 bits per heavy atom. The summed E-state index contributed by atoms with van der Waals surface area (Å²) >= 11 is 0. The lowest BCUT2D eigenvalue weighted by Crippen LogP contribution is -2.48. The van der Waals surface area contributed by atoms with Crippen LogP contribution in [0.2, 0.25) is 0 Å². The molecule has 0 amide bonds. The van der Waals surface area contributed by atoms with Crippen LogP contribution in [0.25, 0.3) is 27.9 Å². The number of hydrogen-bond donors (Lipinski definition) is 0.